The first-order chi connectivity index (χ1) is 15.3. The minimum absolute atomic E-state index is 0.0223. The van der Waals surface area contributed by atoms with Gasteiger partial charge in [-0.05, 0) is 48.1 Å². The summed E-state index contributed by atoms with van der Waals surface area (Å²) in [6.45, 7) is 9.14. The highest BCUT2D eigenvalue weighted by Gasteiger charge is 2.28. The predicted molar refractivity (Wildman–Crippen MR) is 133 cm³/mol. The van der Waals surface area contributed by atoms with Gasteiger partial charge in [-0.1, -0.05) is 57.2 Å². The van der Waals surface area contributed by atoms with E-state index in [1.165, 1.54) is 11.1 Å². The smallest absolute Gasteiger partial charge is 0.242 e. The van der Waals surface area contributed by atoms with Crippen LogP contribution in [0.1, 0.15) is 43.9 Å². The first-order valence-corrected chi connectivity index (χ1v) is 12.3. The van der Waals surface area contributed by atoms with Gasteiger partial charge in [-0.25, -0.2) is 0 Å². The Morgan fingerprint density at radius 3 is 2.38 bits per heavy atom. The molecule has 5 nitrogen and oxygen atoms in total. The zero-order chi connectivity index (χ0) is 23.5. The molecule has 2 aromatic carbocycles. The van der Waals surface area contributed by atoms with Gasteiger partial charge >= 0.3 is 0 Å². The van der Waals surface area contributed by atoms with E-state index in [9.17, 15) is 9.59 Å². The summed E-state index contributed by atoms with van der Waals surface area (Å²) in [5, 5.41) is 3.00. The molecule has 0 saturated heterocycles. The molecule has 0 aliphatic rings. The molecule has 0 heterocycles. The number of hydrogen-bond acceptors (Lipinski definition) is 4. The number of nitrogens with zero attached hydrogens (tertiary/aromatic N) is 1. The third-order valence-electron chi connectivity index (χ3n) is 5.33. The molecule has 0 radical (unpaired) electrons. The van der Waals surface area contributed by atoms with Crippen LogP contribution in [0.25, 0.3) is 0 Å². The highest BCUT2D eigenvalue weighted by molar-refractivity contribution is 7.99. The highest BCUT2D eigenvalue weighted by atomic mass is 32.2. The molecule has 2 aromatic rings. The van der Waals surface area contributed by atoms with Crippen LogP contribution in [0.4, 0.5) is 0 Å². The summed E-state index contributed by atoms with van der Waals surface area (Å²) in [7, 11) is 1.63. The van der Waals surface area contributed by atoms with Crippen molar-refractivity contribution in [3.8, 4) is 5.75 Å². The average Bonchev–Trinajstić information content (AvgIpc) is 2.79. The molecule has 32 heavy (non-hydrogen) atoms. The van der Waals surface area contributed by atoms with Crippen molar-refractivity contribution in [1.82, 2.24) is 10.2 Å². The second kappa shape index (κ2) is 13.2. The van der Waals surface area contributed by atoms with Crippen LogP contribution in [0.15, 0.2) is 48.5 Å². The van der Waals surface area contributed by atoms with Gasteiger partial charge < -0.3 is 15.0 Å². The van der Waals surface area contributed by atoms with E-state index in [4.69, 9.17) is 4.74 Å². The summed E-state index contributed by atoms with van der Waals surface area (Å²) >= 11 is 1.59. The molecule has 0 saturated carbocycles. The van der Waals surface area contributed by atoms with Crippen LogP contribution in [0.5, 0.6) is 5.75 Å². The molecule has 2 rings (SSSR count). The second-order valence-electron chi connectivity index (χ2n) is 8.35. The number of aryl methyl sites for hydroxylation is 1. The van der Waals surface area contributed by atoms with E-state index >= 15 is 0 Å². The van der Waals surface area contributed by atoms with Crippen LogP contribution in [-0.4, -0.2) is 42.2 Å². The number of carbonyl (C=O) groups is 2. The first kappa shape index (κ1) is 25.8. The lowest BCUT2D eigenvalue weighted by Gasteiger charge is -2.31. The van der Waals surface area contributed by atoms with Gasteiger partial charge in [0.1, 0.15) is 11.8 Å². The zero-order valence-corrected chi connectivity index (χ0v) is 20.7. The maximum absolute atomic E-state index is 13.3. The standard InChI is InChI=1S/C26H36N2O3S/c1-6-24(26(30)27-15-19(2)3)28(16-21-11-13-23(31-5)14-12-21)25(29)18-32-17-22-10-8-7-9-20(22)4/h7-14,19,24H,6,15-18H2,1-5H3,(H,27,30)/t24-/m1/s1. The summed E-state index contributed by atoms with van der Waals surface area (Å²) in [5.41, 5.74) is 3.42. The van der Waals surface area contributed by atoms with Crippen LogP contribution in [0.2, 0.25) is 0 Å². The number of benzene rings is 2. The van der Waals surface area contributed by atoms with E-state index < -0.39 is 6.04 Å². The molecular weight excluding hydrogens is 420 g/mol. The van der Waals surface area contributed by atoms with Crippen molar-refractivity contribution in [2.24, 2.45) is 5.92 Å². The second-order valence-corrected chi connectivity index (χ2v) is 9.34. The Kier molecular flexibility index (Phi) is 10.6. The van der Waals surface area contributed by atoms with Crippen molar-refractivity contribution in [3.63, 3.8) is 0 Å². The number of amides is 2. The van der Waals surface area contributed by atoms with Gasteiger partial charge in [0.2, 0.25) is 11.8 Å². The van der Waals surface area contributed by atoms with E-state index in [1.54, 1.807) is 23.8 Å². The fraction of sp³-hybridized carbons (Fsp3) is 0.462. The van der Waals surface area contributed by atoms with Crippen molar-refractivity contribution >= 4 is 23.6 Å². The quantitative estimate of drug-likeness (QED) is 0.498. The Balaban J connectivity index is 2.13. The Morgan fingerprint density at radius 1 is 1.09 bits per heavy atom. The minimum Gasteiger partial charge on any atom is -0.497 e. The number of hydrogen-bond donors (Lipinski definition) is 1. The largest absolute Gasteiger partial charge is 0.497 e. The molecule has 0 spiro atoms. The summed E-state index contributed by atoms with van der Waals surface area (Å²) in [6, 6.07) is 15.4. The van der Waals surface area contributed by atoms with E-state index in [-0.39, 0.29) is 11.8 Å². The molecule has 0 aromatic heterocycles. The lowest BCUT2D eigenvalue weighted by atomic mass is 10.1. The van der Waals surface area contributed by atoms with Gasteiger partial charge in [-0.15, -0.1) is 11.8 Å². The molecule has 0 aliphatic heterocycles. The molecule has 6 heteroatoms. The van der Waals surface area contributed by atoms with Gasteiger partial charge in [0.15, 0.2) is 0 Å². The van der Waals surface area contributed by atoms with Crippen LogP contribution >= 0.6 is 11.8 Å². The first-order valence-electron chi connectivity index (χ1n) is 11.2. The maximum Gasteiger partial charge on any atom is 0.242 e. The lowest BCUT2D eigenvalue weighted by molar-refractivity contribution is -0.139. The molecule has 1 atom stereocenters. The predicted octanol–water partition coefficient (Wildman–Crippen LogP) is 4.82. The van der Waals surface area contributed by atoms with E-state index in [0.29, 0.717) is 31.2 Å². The molecular formula is C26H36N2O3S. The zero-order valence-electron chi connectivity index (χ0n) is 19.9. The van der Waals surface area contributed by atoms with E-state index in [2.05, 4.69) is 38.2 Å². The van der Waals surface area contributed by atoms with Crippen LogP contribution in [-0.2, 0) is 21.9 Å². The third kappa shape index (κ3) is 7.90. The van der Waals surface area contributed by atoms with Gasteiger partial charge in [0, 0.05) is 18.8 Å². The van der Waals surface area contributed by atoms with Gasteiger partial charge in [-0.2, -0.15) is 0 Å². The molecule has 0 aliphatic carbocycles. The molecule has 174 valence electrons. The van der Waals surface area contributed by atoms with Gasteiger partial charge in [0.25, 0.3) is 0 Å². The number of thioether (sulfide) groups is 1. The Bertz CT molecular complexity index is 868. The fourth-order valence-electron chi connectivity index (χ4n) is 3.37. The topological polar surface area (TPSA) is 58.6 Å². The summed E-state index contributed by atoms with van der Waals surface area (Å²) < 4.78 is 5.24. The average molecular weight is 457 g/mol. The summed E-state index contributed by atoms with van der Waals surface area (Å²) in [6.07, 6.45) is 0.564. The third-order valence-corrected chi connectivity index (χ3v) is 6.29. The van der Waals surface area contributed by atoms with Crippen molar-refractivity contribution in [2.75, 3.05) is 19.4 Å². The number of nitrogens with one attached hydrogen (secondary N) is 1. The fourth-order valence-corrected chi connectivity index (χ4v) is 4.36. The van der Waals surface area contributed by atoms with Crippen LogP contribution in [0, 0.1) is 12.8 Å². The van der Waals surface area contributed by atoms with Crippen molar-refractivity contribution in [2.45, 2.75) is 52.5 Å². The van der Waals surface area contributed by atoms with Crippen LogP contribution < -0.4 is 10.1 Å². The normalized spacial score (nSPS) is 11.8. The Morgan fingerprint density at radius 2 is 1.78 bits per heavy atom. The van der Waals surface area contributed by atoms with Crippen molar-refractivity contribution in [3.05, 3.63) is 65.2 Å². The molecule has 1 N–H and O–H groups in total. The number of carbonyl (C=O) groups excluding carboxylic acids is 2. The van der Waals surface area contributed by atoms with E-state index in [1.807, 2.05) is 43.3 Å². The number of ether oxygens (including phenoxy) is 1. The monoisotopic (exact) mass is 456 g/mol. The number of methoxy groups -OCH3 is 1. The van der Waals surface area contributed by atoms with E-state index in [0.717, 1.165) is 17.1 Å². The van der Waals surface area contributed by atoms with Gasteiger partial charge in [-0.3, -0.25) is 9.59 Å². The Hall–Kier alpha value is -2.47. The van der Waals surface area contributed by atoms with Crippen LogP contribution in [0.3, 0.4) is 0 Å². The minimum atomic E-state index is -0.498. The Labute approximate surface area is 196 Å². The van der Waals surface area contributed by atoms with Crippen molar-refractivity contribution in [1.29, 1.82) is 0 Å². The molecule has 0 bridgehead atoms. The SMILES string of the molecule is CC[C@H](C(=O)NCC(C)C)N(Cc1ccc(OC)cc1)C(=O)CSCc1ccccc1C. The molecule has 0 unspecified atom stereocenters. The summed E-state index contributed by atoms with van der Waals surface area (Å²) in [4.78, 5) is 27.9. The highest BCUT2D eigenvalue weighted by Crippen LogP contribution is 2.20. The summed E-state index contributed by atoms with van der Waals surface area (Å²) in [5.74, 6) is 2.11. The molecule has 2 amide bonds. The lowest BCUT2D eigenvalue weighted by Crippen LogP contribution is -2.50. The molecule has 0 fully saturated rings. The van der Waals surface area contributed by atoms with Gasteiger partial charge in [0.05, 0.1) is 12.9 Å². The maximum atomic E-state index is 13.3. The van der Waals surface area contributed by atoms with Crippen molar-refractivity contribution < 1.29 is 14.3 Å². The number of rotatable bonds is 12.